The second-order valence-corrected chi connectivity index (χ2v) is 8.93. The fourth-order valence-electron chi connectivity index (χ4n) is 4.07. The van der Waals surface area contributed by atoms with E-state index in [9.17, 15) is 4.79 Å². The summed E-state index contributed by atoms with van der Waals surface area (Å²) in [6.45, 7) is 2.02. The quantitative estimate of drug-likeness (QED) is 0.309. The van der Waals surface area contributed by atoms with Crippen molar-refractivity contribution in [2.45, 2.75) is 19.3 Å². The summed E-state index contributed by atoms with van der Waals surface area (Å²) in [5.41, 5.74) is 5.97. The Morgan fingerprint density at radius 3 is 2.24 bits per heavy atom. The predicted molar refractivity (Wildman–Crippen MR) is 136 cm³/mol. The van der Waals surface area contributed by atoms with Crippen LogP contribution in [0.2, 0.25) is 0 Å². The van der Waals surface area contributed by atoms with Crippen molar-refractivity contribution in [2.75, 3.05) is 5.32 Å². The molecule has 0 aliphatic rings. The first-order valence-corrected chi connectivity index (χ1v) is 11.7. The summed E-state index contributed by atoms with van der Waals surface area (Å²) < 4.78 is 0. The molecular formula is C28H23N3OS. The van der Waals surface area contributed by atoms with E-state index in [1.807, 2.05) is 73.7 Å². The third-order valence-corrected chi connectivity index (χ3v) is 6.81. The highest BCUT2D eigenvalue weighted by Crippen LogP contribution is 2.34. The van der Waals surface area contributed by atoms with Crippen molar-refractivity contribution in [3.05, 3.63) is 114 Å². The van der Waals surface area contributed by atoms with Crippen molar-refractivity contribution in [1.82, 2.24) is 9.97 Å². The topological polar surface area (TPSA) is 54.9 Å². The smallest absolute Gasteiger partial charge is 0.225 e. The molecule has 2 heterocycles. The number of carbonyl (C=O) groups is 1. The summed E-state index contributed by atoms with van der Waals surface area (Å²) >= 11 is 1.56. The van der Waals surface area contributed by atoms with Crippen LogP contribution in [0, 0.1) is 6.92 Å². The van der Waals surface area contributed by atoms with Crippen LogP contribution in [-0.4, -0.2) is 15.9 Å². The van der Waals surface area contributed by atoms with Crippen molar-refractivity contribution in [2.24, 2.45) is 0 Å². The highest BCUT2D eigenvalue weighted by atomic mass is 32.1. The summed E-state index contributed by atoms with van der Waals surface area (Å²) in [4.78, 5) is 23.2. The van der Waals surface area contributed by atoms with E-state index in [4.69, 9.17) is 4.98 Å². The Hall–Kier alpha value is -3.83. The van der Waals surface area contributed by atoms with E-state index in [2.05, 4.69) is 34.6 Å². The number of anilines is 1. The number of nitrogens with zero attached hydrogens (tertiary/aromatic N) is 2. The predicted octanol–water partition coefficient (Wildman–Crippen LogP) is 6.83. The number of pyridine rings is 1. The molecule has 0 spiro atoms. The van der Waals surface area contributed by atoms with Crippen LogP contribution in [0.5, 0.6) is 0 Å². The summed E-state index contributed by atoms with van der Waals surface area (Å²) in [6.07, 6.45) is 2.15. The number of hydrogen-bond donors (Lipinski definition) is 1. The van der Waals surface area contributed by atoms with Gasteiger partial charge < -0.3 is 5.32 Å². The Morgan fingerprint density at radius 1 is 0.879 bits per heavy atom. The first-order chi connectivity index (χ1) is 16.2. The van der Waals surface area contributed by atoms with Crippen molar-refractivity contribution in [1.29, 1.82) is 0 Å². The first kappa shape index (κ1) is 21.0. The average Bonchev–Trinajstić information content (AvgIpc) is 3.29. The minimum atomic E-state index is -0.0149. The van der Waals surface area contributed by atoms with Gasteiger partial charge in [-0.05, 0) is 41.8 Å². The minimum absolute atomic E-state index is 0.00813. The summed E-state index contributed by atoms with van der Waals surface area (Å²) in [7, 11) is 0. The second-order valence-electron chi connectivity index (χ2n) is 7.95. The molecule has 4 nitrogen and oxygen atoms in total. The zero-order chi connectivity index (χ0) is 22.6. The van der Waals surface area contributed by atoms with Gasteiger partial charge in [-0.3, -0.25) is 4.79 Å². The molecule has 0 bridgehead atoms. The molecule has 5 heteroatoms. The fraction of sp³-hybridized carbons (Fsp3) is 0.107. The summed E-state index contributed by atoms with van der Waals surface area (Å²) in [5.74, 6) is -0.0230. The Morgan fingerprint density at radius 2 is 1.58 bits per heavy atom. The lowest BCUT2D eigenvalue weighted by molar-refractivity contribution is -0.116. The number of thiazole rings is 1. The molecule has 1 amide bonds. The van der Waals surface area contributed by atoms with Crippen LogP contribution in [0.1, 0.15) is 29.0 Å². The zero-order valence-electron chi connectivity index (χ0n) is 18.2. The molecule has 0 unspecified atom stereocenters. The van der Waals surface area contributed by atoms with E-state index in [1.165, 1.54) is 0 Å². The van der Waals surface area contributed by atoms with Crippen LogP contribution < -0.4 is 5.32 Å². The number of amides is 1. The molecule has 0 saturated carbocycles. The number of carbonyl (C=O) groups excluding carboxylic acids is 1. The van der Waals surface area contributed by atoms with Gasteiger partial charge in [0.15, 0.2) is 0 Å². The Labute approximate surface area is 197 Å². The monoisotopic (exact) mass is 449 g/mol. The zero-order valence-corrected chi connectivity index (χ0v) is 19.0. The van der Waals surface area contributed by atoms with Gasteiger partial charge in [0.1, 0.15) is 15.4 Å². The van der Waals surface area contributed by atoms with Gasteiger partial charge in [0.25, 0.3) is 0 Å². The fourth-order valence-corrected chi connectivity index (χ4v) is 5.06. The third kappa shape index (κ3) is 4.54. The lowest BCUT2D eigenvalue weighted by atomic mass is 9.88. The molecule has 33 heavy (non-hydrogen) atoms. The summed E-state index contributed by atoms with van der Waals surface area (Å²) in [5, 5.41) is 4.05. The Balaban J connectivity index is 1.41. The van der Waals surface area contributed by atoms with Gasteiger partial charge in [-0.2, -0.15) is 0 Å². The molecule has 0 aliphatic heterocycles. The van der Waals surface area contributed by atoms with E-state index in [1.54, 1.807) is 17.5 Å². The van der Waals surface area contributed by atoms with Crippen molar-refractivity contribution in [3.8, 4) is 10.6 Å². The van der Waals surface area contributed by atoms with Gasteiger partial charge >= 0.3 is 0 Å². The molecule has 0 radical (unpaired) electrons. The maximum atomic E-state index is 13.2. The van der Waals surface area contributed by atoms with E-state index < -0.39 is 0 Å². The van der Waals surface area contributed by atoms with Crippen LogP contribution in [-0.2, 0) is 4.79 Å². The molecular weight excluding hydrogens is 426 g/mol. The highest BCUT2D eigenvalue weighted by molar-refractivity contribution is 7.21. The molecule has 0 saturated heterocycles. The Kier molecular flexibility index (Phi) is 5.96. The molecule has 0 aliphatic carbocycles. The molecule has 0 fully saturated rings. The van der Waals surface area contributed by atoms with E-state index >= 15 is 0 Å². The molecule has 1 N–H and O–H groups in total. The molecule has 5 aromatic rings. The van der Waals surface area contributed by atoms with Gasteiger partial charge in [-0.1, -0.05) is 84.1 Å². The average molecular weight is 450 g/mol. The van der Waals surface area contributed by atoms with Crippen LogP contribution >= 0.6 is 11.3 Å². The van der Waals surface area contributed by atoms with Crippen molar-refractivity contribution >= 4 is 33.3 Å². The molecule has 2 aromatic heterocycles. The van der Waals surface area contributed by atoms with E-state index in [0.29, 0.717) is 6.42 Å². The second kappa shape index (κ2) is 9.35. The first-order valence-electron chi connectivity index (χ1n) is 10.9. The normalized spacial score (nSPS) is 11.1. The number of hydrogen-bond acceptors (Lipinski definition) is 4. The number of benzene rings is 3. The van der Waals surface area contributed by atoms with Crippen LogP contribution in [0.4, 0.5) is 5.69 Å². The number of fused-ring (bicyclic) bond motifs is 1. The maximum absolute atomic E-state index is 13.2. The van der Waals surface area contributed by atoms with Gasteiger partial charge in [0.05, 0.1) is 0 Å². The van der Waals surface area contributed by atoms with Crippen molar-refractivity contribution in [3.63, 3.8) is 0 Å². The highest BCUT2D eigenvalue weighted by Gasteiger charge is 2.19. The van der Waals surface area contributed by atoms with Crippen LogP contribution in [0.3, 0.4) is 0 Å². The minimum Gasteiger partial charge on any atom is -0.326 e. The number of aromatic nitrogens is 2. The third-order valence-electron chi connectivity index (χ3n) is 5.80. The molecule has 3 aromatic carbocycles. The molecule has 0 atom stereocenters. The number of rotatable bonds is 6. The van der Waals surface area contributed by atoms with Gasteiger partial charge in [0, 0.05) is 29.8 Å². The molecule has 162 valence electrons. The maximum Gasteiger partial charge on any atom is 0.225 e. The van der Waals surface area contributed by atoms with Crippen LogP contribution in [0.15, 0.2) is 97.2 Å². The van der Waals surface area contributed by atoms with E-state index in [0.717, 1.165) is 43.3 Å². The standard InChI is InChI=1S/C28H23N3OS/c1-19-22(27-31-25-16-9-17-29-28(25)33-27)14-8-15-24(19)30-26(32)18-23(20-10-4-2-5-11-20)21-12-6-3-7-13-21/h2-17,23H,18H2,1H3,(H,30,32). The summed E-state index contributed by atoms with van der Waals surface area (Å²) in [6, 6.07) is 30.2. The number of nitrogens with one attached hydrogen (secondary N) is 1. The lowest BCUT2D eigenvalue weighted by Gasteiger charge is -2.19. The van der Waals surface area contributed by atoms with Gasteiger partial charge in [0.2, 0.25) is 5.91 Å². The van der Waals surface area contributed by atoms with Crippen molar-refractivity contribution < 1.29 is 4.79 Å². The Bertz CT molecular complexity index is 1320. The van der Waals surface area contributed by atoms with Gasteiger partial charge in [-0.25, -0.2) is 9.97 Å². The van der Waals surface area contributed by atoms with Gasteiger partial charge in [-0.15, -0.1) is 0 Å². The lowest BCUT2D eigenvalue weighted by Crippen LogP contribution is -2.17. The SMILES string of the molecule is Cc1c(NC(=O)CC(c2ccccc2)c2ccccc2)cccc1-c1nc2cccnc2s1. The van der Waals surface area contributed by atoms with Crippen LogP contribution in [0.25, 0.3) is 20.9 Å². The van der Waals surface area contributed by atoms with E-state index in [-0.39, 0.29) is 11.8 Å². The largest absolute Gasteiger partial charge is 0.326 e. The molecule has 5 rings (SSSR count).